The van der Waals surface area contributed by atoms with Crippen LogP contribution in [0.4, 0.5) is 43.9 Å². The summed E-state index contributed by atoms with van der Waals surface area (Å²) in [4.78, 5) is 0. The van der Waals surface area contributed by atoms with E-state index in [2.05, 4.69) is 0 Å². The molecule has 0 atom stereocenters. The van der Waals surface area contributed by atoms with Gasteiger partial charge in [-0.2, -0.15) is 10.9 Å². The molecule has 0 heterocycles. The molecule has 0 unspecified atom stereocenters. The topological polar surface area (TPSA) is 0 Å². The molecule has 1 radical (unpaired) electrons. The van der Waals surface area contributed by atoms with Gasteiger partial charge >= 0.3 is 0 Å². The van der Waals surface area contributed by atoms with Gasteiger partial charge < -0.3 is 0 Å². The highest BCUT2D eigenvalue weighted by atomic mass is 19.2. The van der Waals surface area contributed by atoms with Crippen molar-refractivity contribution in [3.63, 3.8) is 0 Å². The highest BCUT2D eigenvalue weighted by Gasteiger charge is 2.28. The molecular formula is C13H3BF10-. The van der Waals surface area contributed by atoms with Crippen LogP contribution in [0.25, 0.3) is 0 Å². The van der Waals surface area contributed by atoms with Crippen molar-refractivity contribution in [3.8, 4) is 0 Å². The van der Waals surface area contributed by atoms with E-state index in [4.69, 9.17) is 0 Å². The van der Waals surface area contributed by atoms with Gasteiger partial charge in [0.15, 0.2) is 34.9 Å². The Labute approximate surface area is 127 Å². The first-order chi connectivity index (χ1) is 11.0. The molecule has 0 aliphatic rings. The SMILES string of the molecule is C[B-](c1c(F)c(F)c(F)c(F)c1F)c1c(F)c(F)c(F)c(F)c1F. The minimum absolute atomic E-state index is 0.524. The molecule has 0 nitrogen and oxygen atoms in total. The van der Waals surface area contributed by atoms with Crippen LogP contribution in [0.15, 0.2) is 0 Å². The Balaban J connectivity index is 2.84. The molecule has 0 aliphatic carbocycles. The molecule has 0 spiro atoms. The van der Waals surface area contributed by atoms with Crippen LogP contribution in [-0.2, 0) is 0 Å². The van der Waals surface area contributed by atoms with Crippen molar-refractivity contribution in [1.82, 2.24) is 0 Å². The van der Waals surface area contributed by atoms with Crippen LogP contribution in [0, 0.1) is 58.2 Å². The van der Waals surface area contributed by atoms with E-state index in [9.17, 15) is 43.9 Å². The Kier molecular flexibility index (Phi) is 4.56. The maximum absolute atomic E-state index is 13.7. The second-order valence-corrected chi connectivity index (χ2v) is 4.69. The quantitative estimate of drug-likeness (QED) is 0.334. The average Bonchev–Trinajstić information content (AvgIpc) is 2.55. The van der Waals surface area contributed by atoms with Crippen molar-refractivity contribution in [1.29, 1.82) is 0 Å². The summed E-state index contributed by atoms with van der Waals surface area (Å²) in [5, 5.41) is 0. The molecule has 129 valence electrons. The lowest BCUT2D eigenvalue weighted by Crippen LogP contribution is -2.48. The molecule has 0 bridgehead atoms. The molecule has 0 aromatic heterocycles. The van der Waals surface area contributed by atoms with Crippen LogP contribution >= 0.6 is 0 Å². The Morgan fingerprint density at radius 1 is 0.375 bits per heavy atom. The lowest BCUT2D eigenvalue weighted by Gasteiger charge is -2.27. The van der Waals surface area contributed by atoms with Crippen molar-refractivity contribution in [2.24, 2.45) is 0 Å². The summed E-state index contributed by atoms with van der Waals surface area (Å²) >= 11 is 0. The lowest BCUT2D eigenvalue weighted by atomic mass is 9.42. The molecule has 0 saturated carbocycles. The highest BCUT2D eigenvalue weighted by molar-refractivity contribution is 6.84. The second-order valence-electron chi connectivity index (χ2n) is 4.69. The summed E-state index contributed by atoms with van der Waals surface area (Å²) in [5.74, 6) is -24.5. The maximum atomic E-state index is 13.7. The van der Waals surface area contributed by atoms with Crippen molar-refractivity contribution >= 4 is 17.6 Å². The molecule has 2 aromatic carbocycles. The van der Waals surface area contributed by atoms with Gasteiger partial charge in [-0.05, 0) is 0 Å². The van der Waals surface area contributed by atoms with Crippen molar-refractivity contribution in [2.45, 2.75) is 6.82 Å². The number of hydrogen-bond donors (Lipinski definition) is 0. The molecule has 11 heteroatoms. The highest BCUT2D eigenvalue weighted by Crippen LogP contribution is 2.20. The molecule has 24 heavy (non-hydrogen) atoms. The summed E-state index contributed by atoms with van der Waals surface area (Å²) < 4.78 is 133. The summed E-state index contributed by atoms with van der Waals surface area (Å²) in [5.41, 5.74) is -3.45. The van der Waals surface area contributed by atoms with Gasteiger partial charge in [-0.15, -0.1) is 0 Å². The van der Waals surface area contributed by atoms with Crippen molar-refractivity contribution in [3.05, 3.63) is 58.2 Å². The van der Waals surface area contributed by atoms with Gasteiger partial charge in [-0.25, -0.2) is 50.7 Å². The largest absolute Gasteiger partial charge is 0.209 e. The van der Waals surface area contributed by atoms with E-state index in [0.717, 1.165) is 0 Å². The van der Waals surface area contributed by atoms with Crippen LogP contribution in [0.2, 0.25) is 6.82 Å². The number of halogens is 10. The van der Waals surface area contributed by atoms with Crippen molar-refractivity contribution < 1.29 is 43.9 Å². The van der Waals surface area contributed by atoms with Gasteiger partial charge in [-0.3, -0.25) is 0 Å². The summed E-state index contributed by atoms with van der Waals surface area (Å²) in [6, 6.07) is 0. The molecule has 0 fully saturated rings. The van der Waals surface area contributed by atoms with Crippen molar-refractivity contribution in [2.75, 3.05) is 0 Å². The predicted molar refractivity (Wildman–Crippen MR) is 63.3 cm³/mol. The van der Waals surface area contributed by atoms with Gasteiger partial charge in [0.25, 0.3) is 0 Å². The predicted octanol–water partition coefficient (Wildman–Crippen LogP) is 3.32. The smallest absolute Gasteiger partial charge is 0.200 e. The first kappa shape index (κ1) is 18.1. The van der Waals surface area contributed by atoms with E-state index < -0.39 is 75.8 Å². The standard InChI is InChI=1S/C13H3BF10/c1-14(2-4(15)8(19)12(23)9(20)5(2)16)3-6(17)10(21)13(24)11(22)7(3)18/h1H3/q-1. The van der Waals surface area contributed by atoms with Gasteiger partial charge in [-0.1, -0.05) is 6.71 Å². The first-order valence-corrected chi connectivity index (χ1v) is 6.04. The third kappa shape index (κ3) is 2.42. The molecule has 0 N–H and O–H groups in total. The van der Waals surface area contributed by atoms with Gasteiger partial charge in [0, 0.05) is 0 Å². The Bertz CT molecular complexity index is 720. The number of benzene rings is 2. The van der Waals surface area contributed by atoms with E-state index in [0.29, 0.717) is 6.82 Å². The van der Waals surface area contributed by atoms with Gasteiger partial charge in [0.2, 0.25) is 0 Å². The third-order valence-electron chi connectivity index (χ3n) is 3.35. The fourth-order valence-electron chi connectivity index (χ4n) is 2.15. The van der Waals surface area contributed by atoms with Crippen LogP contribution in [0.5, 0.6) is 0 Å². The molecule has 0 saturated heterocycles. The normalized spacial score (nSPS) is 11.5. The molecule has 2 aromatic rings. The van der Waals surface area contributed by atoms with Gasteiger partial charge in [0.05, 0.1) is 0 Å². The van der Waals surface area contributed by atoms with E-state index in [1.165, 1.54) is 0 Å². The van der Waals surface area contributed by atoms with Gasteiger partial charge in [0.1, 0.15) is 23.3 Å². The lowest BCUT2D eigenvalue weighted by molar-refractivity contribution is 0.382. The second kappa shape index (κ2) is 6.02. The Morgan fingerprint density at radius 2 is 0.542 bits per heavy atom. The monoisotopic (exact) mass is 360 g/mol. The fraction of sp³-hybridized carbons (Fsp3) is 0.0769. The maximum Gasteiger partial charge on any atom is 0.200 e. The third-order valence-corrected chi connectivity index (χ3v) is 3.35. The summed E-state index contributed by atoms with van der Waals surface area (Å²) in [6.07, 6.45) is 0. The van der Waals surface area contributed by atoms with E-state index in [-0.39, 0.29) is 0 Å². The molecule has 0 amide bonds. The van der Waals surface area contributed by atoms with Crippen LogP contribution < -0.4 is 10.9 Å². The zero-order valence-corrected chi connectivity index (χ0v) is 11.4. The molecule has 0 aliphatic heterocycles. The average molecular weight is 360 g/mol. The molecule has 2 rings (SSSR count). The fourth-order valence-corrected chi connectivity index (χ4v) is 2.15. The Morgan fingerprint density at radius 3 is 0.750 bits per heavy atom. The first-order valence-electron chi connectivity index (χ1n) is 6.04. The van der Waals surface area contributed by atoms with E-state index in [1.54, 1.807) is 0 Å². The van der Waals surface area contributed by atoms with Crippen LogP contribution in [-0.4, -0.2) is 6.71 Å². The van der Waals surface area contributed by atoms with Crippen LogP contribution in [0.3, 0.4) is 0 Å². The van der Waals surface area contributed by atoms with E-state index in [1.807, 2.05) is 0 Å². The number of hydrogen-bond acceptors (Lipinski definition) is 0. The number of rotatable bonds is 2. The zero-order chi connectivity index (χ0) is 18.5. The minimum atomic E-state index is -2.53. The van der Waals surface area contributed by atoms with E-state index >= 15 is 0 Å². The summed E-state index contributed by atoms with van der Waals surface area (Å²) in [7, 11) is 0. The van der Waals surface area contributed by atoms with Crippen LogP contribution in [0.1, 0.15) is 0 Å². The molecular weight excluding hydrogens is 357 g/mol. The summed E-state index contributed by atoms with van der Waals surface area (Å²) in [6.45, 7) is -1.84. The Hall–Kier alpha value is -2.20. The minimum Gasteiger partial charge on any atom is -0.209 e. The zero-order valence-electron chi connectivity index (χ0n) is 11.4.